The first-order valence-electron chi connectivity index (χ1n) is 6.92. The summed E-state index contributed by atoms with van der Waals surface area (Å²) >= 11 is 0. The minimum Gasteiger partial charge on any atom is -0.324 e. The van der Waals surface area contributed by atoms with E-state index in [2.05, 4.69) is 53.4 Å². The summed E-state index contributed by atoms with van der Waals surface area (Å²) in [6, 6.07) is 19.2. The summed E-state index contributed by atoms with van der Waals surface area (Å²) in [6.45, 7) is 3.19. The van der Waals surface area contributed by atoms with E-state index >= 15 is 0 Å². The Hall–Kier alpha value is -1.64. The molecule has 1 aliphatic heterocycles. The SMILES string of the molecule is NC(CCN1Cc2ccccc2C1)c1ccccc1. The lowest BCUT2D eigenvalue weighted by molar-refractivity contribution is 0.272. The zero-order valence-corrected chi connectivity index (χ0v) is 11.1. The van der Waals surface area contributed by atoms with Crippen LogP contribution in [0.4, 0.5) is 0 Å². The van der Waals surface area contributed by atoms with Crippen molar-refractivity contribution in [1.82, 2.24) is 4.90 Å². The second-order valence-corrected chi connectivity index (χ2v) is 5.29. The average Bonchev–Trinajstić information content (AvgIpc) is 2.88. The molecular formula is C17H20N2. The van der Waals surface area contributed by atoms with Gasteiger partial charge in [0.05, 0.1) is 0 Å². The molecule has 0 amide bonds. The molecule has 19 heavy (non-hydrogen) atoms. The fraction of sp³-hybridized carbons (Fsp3) is 0.294. The molecule has 2 nitrogen and oxygen atoms in total. The van der Waals surface area contributed by atoms with Crippen molar-refractivity contribution >= 4 is 0 Å². The number of hydrogen-bond donors (Lipinski definition) is 1. The lowest BCUT2D eigenvalue weighted by atomic mass is 10.0. The highest BCUT2D eigenvalue weighted by Crippen LogP contribution is 2.23. The van der Waals surface area contributed by atoms with E-state index in [1.807, 2.05) is 6.07 Å². The van der Waals surface area contributed by atoms with Crippen LogP contribution < -0.4 is 5.73 Å². The van der Waals surface area contributed by atoms with Crippen molar-refractivity contribution in [1.29, 1.82) is 0 Å². The topological polar surface area (TPSA) is 29.3 Å². The molecule has 2 aromatic rings. The number of nitrogens with two attached hydrogens (primary N) is 1. The number of fused-ring (bicyclic) bond motifs is 1. The van der Waals surface area contributed by atoms with Crippen LogP contribution in [0, 0.1) is 0 Å². The van der Waals surface area contributed by atoms with Crippen molar-refractivity contribution in [3.8, 4) is 0 Å². The number of nitrogens with zero attached hydrogens (tertiary/aromatic N) is 1. The van der Waals surface area contributed by atoms with Crippen LogP contribution in [0.25, 0.3) is 0 Å². The monoisotopic (exact) mass is 252 g/mol. The molecule has 0 aliphatic carbocycles. The van der Waals surface area contributed by atoms with Gasteiger partial charge in [-0.3, -0.25) is 4.90 Å². The average molecular weight is 252 g/mol. The van der Waals surface area contributed by atoms with Gasteiger partial charge in [0.2, 0.25) is 0 Å². The molecule has 0 saturated heterocycles. The highest BCUT2D eigenvalue weighted by Gasteiger charge is 2.18. The molecule has 0 fully saturated rings. The van der Waals surface area contributed by atoms with Gasteiger partial charge in [-0.25, -0.2) is 0 Å². The van der Waals surface area contributed by atoms with Gasteiger partial charge in [-0.2, -0.15) is 0 Å². The molecule has 98 valence electrons. The van der Waals surface area contributed by atoms with Gasteiger partial charge in [-0.15, -0.1) is 0 Å². The van der Waals surface area contributed by atoms with Crippen molar-refractivity contribution in [2.45, 2.75) is 25.6 Å². The predicted molar refractivity (Wildman–Crippen MR) is 78.5 cm³/mol. The lowest BCUT2D eigenvalue weighted by Gasteiger charge is -2.18. The van der Waals surface area contributed by atoms with Gasteiger partial charge in [0.25, 0.3) is 0 Å². The summed E-state index contributed by atoms with van der Waals surface area (Å²) in [5.74, 6) is 0. The van der Waals surface area contributed by atoms with E-state index in [4.69, 9.17) is 5.73 Å². The second-order valence-electron chi connectivity index (χ2n) is 5.29. The second kappa shape index (κ2) is 5.55. The van der Waals surface area contributed by atoms with Gasteiger partial charge < -0.3 is 5.73 Å². The standard InChI is InChI=1S/C17H20N2/c18-17(14-6-2-1-3-7-14)10-11-19-12-15-8-4-5-9-16(15)13-19/h1-9,17H,10-13,18H2. The zero-order valence-electron chi connectivity index (χ0n) is 11.1. The Bertz CT molecular complexity index is 511. The van der Waals surface area contributed by atoms with Crippen LogP contribution >= 0.6 is 0 Å². The molecule has 2 heteroatoms. The summed E-state index contributed by atoms with van der Waals surface area (Å²) in [5.41, 5.74) is 10.4. The molecular weight excluding hydrogens is 232 g/mol. The Morgan fingerprint density at radius 1 is 0.895 bits per heavy atom. The Morgan fingerprint density at radius 2 is 1.47 bits per heavy atom. The zero-order chi connectivity index (χ0) is 13.1. The van der Waals surface area contributed by atoms with Gasteiger partial charge in [-0.1, -0.05) is 54.6 Å². The van der Waals surface area contributed by atoms with Gasteiger partial charge in [0.1, 0.15) is 0 Å². The minimum absolute atomic E-state index is 0.143. The fourth-order valence-corrected chi connectivity index (χ4v) is 2.75. The normalized spacial score (nSPS) is 16.3. The molecule has 0 aromatic heterocycles. The van der Waals surface area contributed by atoms with Crippen LogP contribution in [-0.4, -0.2) is 11.4 Å². The maximum Gasteiger partial charge on any atom is 0.0307 e. The third kappa shape index (κ3) is 2.86. The molecule has 0 radical (unpaired) electrons. The number of rotatable bonds is 4. The number of hydrogen-bond acceptors (Lipinski definition) is 2. The molecule has 0 spiro atoms. The molecule has 0 bridgehead atoms. The summed E-state index contributed by atoms with van der Waals surface area (Å²) in [4.78, 5) is 2.48. The first-order valence-corrected chi connectivity index (χ1v) is 6.92. The molecule has 1 aliphatic rings. The van der Waals surface area contributed by atoms with Crippen LogP contribution in [0.1, 0.15) is 29.2 Å². The summed E-state index contributed by atoms with van der Waals surface area (Å²) in [6.07, 6.45) is 1.01. The molecule has 1 atom stereocenters. The molecule has 3 rings (SSSR count). The van der Waals surface area contributed by atoms with Gasteiger partial charge in [-0.05, 0) is 23.1 Å². The lowest BCUT2D eigenvalue weighted by Crippen LogP contribution is -2.22. The first-order chi connectivity index (χ1) is 9.33. The van der Waals surface area contributed by atoms with E-state index < -0.39 is 0 Å². The largest absolute Gasteiger partial charge is 0.324 e. The highest BCUT2D eigenvalue weighted by molar-refractivity contribution is 5.30. The molecule has 2 aromatic carbocycles. The Morgan fingerprint density at radius 3 is 2.11 bits per heavy atom. The van der Waals surface area contributed by atoms with Crippen LogP contribution in [0.3, 0.4) is 0 Å². The van der Waals surface area contributed by atoms with Crippen LogP contribution in [0.5, 0.6) is 0 Å². The van der Waals surface area contributed by atoms with Gasteiger partial charge in [0, 0.05) is 25.7 Å². The van der Waals surface area contributed by atoms with Crippen molar-refractivity contribution in [2.24, 2.45) is 5.73 Å². The highest BCUT2D eigenvalue weighted by atomic mass is 15.1. The predicted octanol–water partition coefficient (Wildman–Crippen LogP) is 3.09. The number of benzene rings is 2. The van der Waals surface area contributed by atoms with E-state index in [1.165, 1.54) is 16.7 Å². The molecule has 1 unspecified atom stereocenters. The van der Waals surface area contributed by atoms with Gasteiger partial charge in [0.15, 0.2) is 0 Å². The summed E-state index contributed by atoms with van der Waals surface area (Å²) < 4.78 is 0. The smallest absolute Gasteiger partial charge is 0.0307 e. The third-order valence-electron chi connectivity index (χ3n) is 3.89. The third-order valence-corrected chi connectivity index (χ3v) is 3.89. The van der Waals surface area contributed by atoms with E-state index in [-0.39, 0.29) is 6.04 Å². The quantitative estimate of drug-likeness (QED) is 0.906. The van der Waals surface area contributed by atoms with Crippen molar-refractivity contribution < 1.29 is 0 Å². The molecule has 2 N–H and O–H groups in total. The Labute approximate surface area is 114 Å². The summed E-state index contributed by atoms with van der Waals surface area (Å²) in [7, 11) is 0. The van der Waals surface area contributed by atoms with Crippen molar-refractivity contribution in [3.05, 3.63) is 71.3 Å². The van der Waals surface area contributed by atoms with E-state index in [9.17, 15) is 0 Å². The van der Waals surface area contributed by atoms with Crippen LogP contribution in [0.15, 0.2) is 54.6 Å². The Kier molecular flexibility index (Phi) is 3.62. The van der Waals surface area contributed by atoms with E-state index in [0.29, 0.717) is 0 Å². The van der Waals surface area contributed by atoms with E-state index in [1.54, 1.807) is 0 Å². The fourth-order valence-electron chi connectivity index (χ4n) is 2.75. The maximum atomic E-state index is 6.25. The summed E-state index contributed by atoms with van der Waals surface area (Å²) in [5, 5.41) is 0. The van der Waals surface area contributed by atoms with Gasteiger partial charge >= 0.3 is 0 Å². The Balaban J connectivity index is 1.55. The van der Waals surface area contributed by atoms with Crippen LogP contribution in [0.2, 0.25) is 0 Å². The molecule has 0 saturated carbocycles. The van der Waals surface area contributed by atoms with Crippen molar-refractivity contribution in [3.63, 3.8) is 0 Å². The minimum atomic E-state index is 0.143. The van der Waals surface area contributed by atoms with Crippen molar-refractivity contribution in [2.75, 3.05) is 6.54 Å². The van der Waals surface area contributed by atoms with E-state index in [0.717, 1.165) is 26.1 Å². The first kappa shape index (κ1) is 12.4. The maximum absolute atomic E-state index is 6.25. The molecule has 1 heterocycles. The van der Waals surface area contributed by atoms with Crippen LogP contribution in [-0.2, 0) is 13.1 Å².